The summed E-state index contributed by atoms with van der Waals surface area (Å²) in [7, 11) is 0. The van der Waals surface area contributed by atoms with Gasteiger partial charge in [0, 0.05) is 0 Å². The Bertz CT molecular complexity index is 178. The molecule has 2 rings (SSSR count). The molecule has 0 spiro atoms. The highest BCUT2D eigenvalue weighted by atomic mass is 19.1. The fourth-order valence-electron chi connectivity index (χ4n) is 2.63. The summed E-state index contributed by atoms with van der Waals surface area (Å²) in [6.45, 7) is 0. The molecule has 2 aliphatic carbocycles. The van der Waals surface area contributed by atoms with Crippen molar-refractivity contribution in [2.45, 2.75) is 75.9 Å². The van der Waals surface area contributed by atoms with Crippen LogP contribution in [0.25, 0.3) is 0 Å². The Kier molecular flexibility index (Phi) is 3.95. The molecule has 3 heteroatoms. The summed E-state index contributed by atoms with van der Waals surface area (Å²) < 4.78 is 32.6. The molecule has 88 valence electrons. The van der Waals surface area contributed by atoms with E-state index in [9.17, 15) is 8.78 Å². The van der Waals surface area contributed by atoms with Gasteiger partial charge in [0.25, 0.3) is 0 Å². The van der Waals surface area contributed by atoms with Crippen LogP contribution < -0.4 is 0 Å². The van der Waals surface area contributed by atoms with Gasteiger partial charge in [-0.1, -0.05) is 25.7 Å². The highest BCUT2D eigenvalue weighted by Crippen LogP contribution is 2.30. The molecule has 0 aromatic carbocycles. The normalized spacial score (nSPS) is 42.8. The second kappa shape index (κ2) is 5.24. The molecule has 2 fully saturated rings. The number of rotatable bonds is 2. The molecule has 1 nitrogen and oxygen atoms in total. The van der Waals surface area contributed by atoms with Crippen molar-refractivity contribution >= 4 is 0 Å². The van der Waals surface area contributed by atoms with Gasteiger partial charge in [-0.25, -0.2) is 8.78 Å². The molecule has 4 unspecified atom stereocenters. The first kappa shape index (κ1) is 11.3. The van der Waals surface area contributed by atoms with Crippen molar-refractivity contribution < 1.29 is 13.5 Å². The van der Waals surface area contributed by atoms with E-state index >= 15 is 0 Å². The summed E-state index contributed by atoms with van der Waals surface area (Å²) in [5, 5.41) is 0. The molecule has 0 N–H and O–H groups in total. The molecule has 4 atom stereocenters. The average molecular weight is 218 g/mol. The molecule has 0 bridgehead atoms. The van der Waals surface area contributed by atoms with Crippen molar-refractivity contribution in [1.82, 2.24) is 0 Å². The summed E-state index contributed by atoms with van der Waals surface area (Å²) in [6.07, 6.45) is 4.26. The summed E-state index contributed by atoms with van der Waals surface area (Å²) in [4.78, 5) is 0. The Morgan fingerprint density at radius 3 is 1.47 bits per heavy atom. The highest BCUT2D eigenvalue weighted by molar-refractivity contribution is 4.81. The fraction of sp³-hybridized carbons (Fsp3) is 1.00. The Balaban J connectivity index is 1.83. The van der Waals surface area contributed by atoms with Gasteiger partial charge in [-0.2, -0.15) is 0 Å². The zero-order valence-electron chi connectivity index (χ0n) is 9.13. The third-order valence-electron chi connectivity index (χ3n) is 3.59. The van der Waals surface area contributed by atoms with Crippen molar-refractivity contribution in [2.24, 2.45) is 0 Å². The van der Waals surface area contributed by atoms with E-state index in [4.69, 9.17) is 4.74 Å². The largest absolute Gasteiger partial charge is 0.369 e. The van der Waals surface area contributed by atoms with Gasteiger partial charge in [-0.05, 0) is 25.7 Å². The first-order valence-electron chi connectivity index (χ1n) is 6.21. The van der Waals surface area contributed by atoms with E-state index in [-0.39, 0.29) is 12.2 Å². The van der Waals surface area contributed by atoms with Crippen LogP contribution in [0, 0.1) is 0 Å². The van der Waals surface area contributed by atoms with Crippen molar-refractivity contribution in [3.8, 4) is 0 Å². The topological polar surface area (TPSA) is 9.23 Å². The van der Waals surface area contributed by atoms with Crippen LogP contribution in [0.1, 0.15) is 51.4 Å². The molecule has 0 heterocycles. The molecule has 0 aromatic heterocycles. The van der Waals surface area contributed by atoms with Crippen LogP contribution >= 0.6 is 0 Å². The third kappa shape index (κ3) is 2.90. The SMILES string of the molecule is FC1CCCCC1OC1CCCCC1F. The smallest absolute Gasteiger partial charge is 0.126 e. The minimum atomic E-state index is -0.868. The zero-order chi connectivity index (χ0) is 10.7. The maximum atomic E-state index is 13.5. The van der Waals surface area contributed by atoms with Crippen molar-refractivity contribution in [3.63, 3.8) is 0 Å². The zero-order valence-corrected chi connectivity index (χ0v) is 9.13. The summed E-state index contributed by atoms with van der Waals surface area (Å²) >= 11 is 0. The predicted molar refractivity (Wildman–Crippen MR) is 55.4 cm³/mol. The molecule has 0 saturated heterocycles. The van der Waals surface area contributed by atoms with Gasteiger partial charge in [0.2, 0.25) is 0 Å². The van der Waals surface area contributed by atoms with E-state index in [1.165, 1.54) is 0 Å². The van der Waals surface area contributed by atoms with E-state index in [2.05, 4.69) is 0 Å². The van der Waals surface area contributed by atoms with Gasteiger partial charge in [0.1, 0.15) is 12.3 Å². The van der Waals surface area contributed by atoms with E-state index in [0.29, 0.717) is 12.8 Å². The van der Waals surface area contributed by atoms with Crippen LogP contribution in [-0.4, -0.2) is 24.6 Å². The second-order valence-electron chi connectivity index (χ2n) is 4.81. The predicted octanol–water partition coefficient (Wildman–Crippen LogP) is 3.56. The summed E-state index contributed by atoms with van der Waals surface area (Å²) in [5.41, 5.74) is 0. The Morgan fingerprint density at radius 2 is 1.07 bits per heavy atom. The minimum Gasteiger partial charge on any atom is -0.369 e. The molecular weight excluding hydrogens is 198 g/mol. The lowest BCUT2D eigenvalue weighted by Gasteiger charge is -2.33. The first-order valence-corrected chi connectivity index (χ1v) is 6.21. The van der Waals surface area contributed by atoms with Crippen molar-refractivity contribution in [3.05, 3.63) is 0 Å². The number of hydrogen-bond donors (Lipinski definition) is 0. The van der Waals surface area contributed by atoms with Crippen LogP contribution in [0.3, 0.4) is 0 Å². The molecule has 0 aliphatic heterocycles. The maximum Gasteiger partial charge on any atom is 0.126 e. The van der Waals surface area contributed by atoms with Gasteiger partial charge < -0.3 is 4.74 Å². The lowest BCUT2D eigenvalue weighted by Crippen LogP contribution is -2.38. The molecule has 2 aliphatic rings. The van der Waals surface area contributed by atoms with Crippen LogP contribution in [-0.2, 0) is 4.74 Å². The third-order valence-corrected chi connectivity index (χ3v) is 3.59. The fourth-order valence-corrected chi connectivity index (χ4v) is 2.63. The first-order chi connectivity index (χ1) is 7.27. The van der Waals surface area contributed by atoms with Crippen molar-refractivity contribution in [2.75, 3.05) is 0 Å². The lowest BCUT2D eigenvalue weighted by molar-refractivity contribution is -0.106. The van der Waals surface area contributed by atoms with Gasteiger partial charge in [0.15, 0.2) is 0 Å². The highest BCUT2D eigenvalue weighted by Gasteiger charge is 2.32. The van der Waals surface area contributed by atoms with Gasteiger partial charge in [-0.15, -0.1) is 0 Å². The summed E-state index contributed by atoms with van der Waals surface area (Å²) in [6, 6.07) is 0. The molecule has 0 radical (unpaired) electrons. The molecule has 0 aromatic rings. The van der Waals surface area contributed by atoms with Crippen LogP contribution in [0.2, 0.25) is 0 Å². The Hall–Kier alpha value is -0.180. The van der Waals surface area contributed by atoms with Crippen molar-refractivity contribution in [1.29, 1.82) is 0 Å². The van der Waals surface area contributed by atoms with Crippen LogP contribution in [0.15, 0.2) is 0 Å². The van der Waals surface area contributed by atoms with E-state index < -0.39 is 12.3 Å². The number of hydrogen-bond acceptors (Lipinski definition) is 1. The standard InChI is InChI=1S/C12H20F2O/c13-9-5-1-3-7-11(9)15-12-8-4-2-6-10(12)14/h9-12H,1-8H2. The van der Waals surface area contributed by atoms with E-state index in [0.717, 1.165) is 38.5 Å². The molecule has 2 saturated carbocycles. The van der Waals surface area contributed by atoms with Crippen LogP contribution in [0.4, 0.5) is 8.78 Å². The van der Waals surface area contributed by atoms with Gasteiger partial charge in [0.05, 0.1) is 12.2 Å². The number of alkyl halides is 2. The van der Waals surface area contributed by atoms with Gasteiger partial charge in [-0.3, -0.25) is 0 Å². The second-order valence-corrected chi connectivity index (χ2v) is 4.81. The maximum absolute atomic E-state index is 13.5. The number of halogens is 2. The van der Waals surface area contributed by atoms with Gasteiger partial charge >= 0.3 is 0 Å². The lowest BCUT2D eigenvalue weighted by atomic mass is 9.93. The quantitative estimate of drug-likeness (QED) is 0.688. The monoisotopic (exact) mass is 218 g/mol. The van der Waals surface area contributed by atoms with E-state index in [1.54, 1.807) is 0 Å². The Labute approximate surface area is 90.2 Å². The van der Waals surface area contributed by atoms with E-state index in [1.807, 2.05) is 0 Å². The Morgan fingerprint density at radius 1 is 0.667 bits per heavy atom. The molecular formula is C12H20F2O. The molecule has 0 amide bonds. The van der Waals surface area contributed by atoms with Crippen LogP contribution in [0.5, 0.6) is 0 Å². The minimum absolute atomic E-state index is 0.333. The average Bonchev–Trinajstić information content (AvgIpc) is 2.24. The summed E-state index contributed by atoms with van der Waals surface area (Å²) in [5.74, 6) is 0. The molecule has 15 heavy (non-hydrogen) atoms. The number of ether oxygens (including phenoxy) is 1.